The SMILES string of the molecule is CC[C@@H]1CC/C=C/[C@H](O)[C@@H]2CC[C@H]2CN2C[C@@]3(CCc4cc(Cl)ccc43)COc3ccc(cc32)C(=O)NS1. The van der Waals surface area contributed by atoms with Gasteiger partial charge in [0.15, 0.2) is 0 Å². The summed E-state index contributed by atoms with van der Waals surface area (Å²) in [4.78, 5) is 15.7. The van der Waals surface area contributed by atoms with Crippen molar-refractivity contribution >= 4 is 35.1 Å². The second-order valence-corrected chi connectivity index (χ2v) is 13.1. The second-order valence-electron chi connectivity index (χ2n) is 11.5. The molecule has 2 N–H and O–H groups in total. The van der Waals surface area contributed by atoms with E-state index in [1.54, 1.807) is 0 Å². The van der Waals surface area contributed by atoms with Crippen LogP contribution in [0.25, 0.3) is 0 Å². The van der Waals surface area contributed by atoms with Crippen molar-refractivity contribution in [3.05, 3.63) is 70.3 Å². The summed E-state index contributed by atoms with van der Waals surface area (Å²) in [6, 6.07) is 12.1. The normalized spacial score (nSPS) is 31.9. The van der Waals surface area contributed by atoms with Crippen LogP contribution in [0.15, 0.2) is 48.6 Å². The molecule has 202 valence electrons. The Labute approximate surface area is 235 Å². The third-order valence-electron chi connectivity index (χ3n) is 9.20. The molecule has 2 aliphatic heterocycles. The van der Waals surface area contributed by atoms with Crippen molar-refractivity contribution < 1.29 is 14.6 Å². The zero-order valence-electron chi connectivity index (χ0n) is 22.0. The predicted molar refractivity (Wildman–Crippen MR) is 155 cm³/mol. The summed E-state index contributed by atoms with van der Waals surface area (Å²) < 4.78 is 9.63. The zero-order valence-corrected chi connectivity index (χ0v) is 23.6. The lowest BCUT2D eigenvalue weighted by atomic mass is 9.70. The molecule has 0 saturated heterocycles. The van der Waals surface area contributed by atoms with Crippen LogP contribution in [0.2, 0.25) is 5.02 Å². The van der Waals surface area contributed by atoms with Crippen molar-refractivity contribution in [2.75, 3.05) is 24.6 Å². The molecule has 6 rings (SSSR count). The molecule has 1 fully saturated rings. The van der Waals surface area contributed by atoms with Crippen molar-refractivity contribution in [1.29, 1.82) is 0 Å². The Bertz CT molecular complexity index is 1240. The molecule has 38 heavy (non-hydrogen) atoms. The number of fused-ring (bicyclic) bond motifs is 4. The van der Waals surface area contributed by atoms with E-state index in [0.717, 1.165) is 74.5 Å². The summed E-state index contributed by atoms with van der Waals surface area (Å²) in [5.41, 5.74) is 4.15. The second kappa shape index (κ2) is 10.8. The number of nitrogens with one attached hydrogen (secondary N) is 1. The number of halogens is 1. The summed E-state index contributed by atoms with van der Waals surface area (Å²) in [5.74, 6) is 1.43. The minimum atomic E-state index is -0.411. The largest absolute Gasteiger partial charge is 0.490 e. The van der Waals surface area contributed by atoms with Gasteiger partial charge in [0, 0.05) is 34.3 Å². The number of ether oxygens (including phenoxy) is 1. The monoisotopic (exact) mass is 552 g/mol. The molecule has 4 aliphatic rings. The fourth-order valence-electron chi connectivity index (χ4n) is 6.77. The number of benzene rings is 2. The summed E-state index contributed by atoms with van der Waals surface area (Å²) >= 11 is 7.86. The number of nitrogens with zero attached hydrogens (tertiary/aromatic N) is 1. The Kier molecular flexibility index (Phi) is 7.41. The number of aryl methyl sites for hydroxylation is 1. The average Bonchev–Trinajstić information content (AvgIpc) is 3.16. The summed E-state index contributed by atoms with van der Waals surface area (Å²) in [5, 5.41) is 12.2. The highest BCUT2D eigenvalue weighted by Gasteiger charge is 2.45. The van der Waals surface area contributed by atoms with E-state index in [1.807, 2.05) is 30.3 Å². The molecule has 1 amide bonds. The maximum atomic E-state index is 13.2. The molecule has 2 aromatic rings. The Morgan fingerprint density at radius 2 is 2.11 bits per heavy atom. The van der Waals surface area contributed by atoms with Crippen LogP contribution in [0.3, 0.4) is 0 Å². The fourth-order valence-corrected chi connectivity index (χ4v) is 7.78. The van der Waals surface area contributed by atoms with E-state index in [-0.39, 0.29) is 17.2 Å². The van der Waals surface area contributed by atoms with Gasteiger partial charge in [-0.05, 0) is 110 Å². The van der Waals surface area contributed by atoms with Gasteiger partial charge in [0.1, 0.15) is 5.75 Å². The number of aliphatic hydroxyl groups is 1. The summed E-state index contributed by atoms with van der Waals surface area (Å²) in [6.45, 7) is 4.42. The minimum absolute atomic E-state index is 0.0596. The Morgan fingerprint density at radius 1 is 1.21 bits per heavy atom. The molecule has 1 spiro atoms. The molecular formula is C31H37ClN2O3S. The molecule has 1 saturated carbocycles. The van der Waals surface area contributed by atoms with E-state index >= 15 is 0 Å². The van der Waals surface area contributed by atoms with Crippen LogP contribution < -0.4 is 14.4 Å². The lowest BCUT2D eigenvalue weighted by Crippen LogP contribution is -2.47. The number of rotatable bonds is 1. The van der Waals surface area contributed by atoms with Gasteiger partial charge in [-0.3, -0.25) is 9.52 Å². The van der Waals surface area contributed by atoms with Crippen LogP contribution in [0.1, 0.15) is 66.9 Å². The molecule has 5 nitrogen and oxygen atoms in total. The van der Waals surface area contributed by atoms with Gasteiger partial charge in [0.05, 0.1) is 18.4 Å². The number of anilines is 1. The van der Waals surface area contributed by atoms with Gasteiger partial charge in [-0.2, -0.15) is 0 Å². The molecule has 7 heteroatoms. The van der Waals surface area contributed by atoms with Crippen LogP contribution in [0.4, 0.5) is 5.69 Å². The van der Waals surface area contributed by atoms with Gasteiger partial charge in [-0.25, -0.2) is 0 Å². The number of allylic oxidation sites excluding steroid dienone is 1. The lowest BCUT2D eigenvalue weighted by Gasteiger charge is -2.43. The molecule has 0 aromatic heterocycles. The average molecular weight is 553 g/mol. The van der Waals surface area contributed by atoms with E-state index in [1.165, 1.54) is 23.1 Å². The van der Waals surface area contributed by atoms with E-state index in [2.05, 4.69) is 34.8 Å². The first kappa shape index (κ1) is 26.1. The molecule has 2 heterocycles. The zero-order chi connectivity index (χ0) is 26.3. The van der Waals surface area contributed by atoms with Crippen LogP contribution in [0, 0.1) is 11.8 Å². The van der Waals surface area contributed by atoms with Gasteiger partial charge in [-0.15, -0.1) is 0 Å². The number of carbonyl (C=O) groups is 1. The van der Waals surface area contributed by atoms with E-state index in [0.29, 0.717) is 23.3 Å². The van der Waals surface area contributed by atoms with Crippen LogP contribution in [-0.4, -0.2) is 42.1 Å². The highest BCUT2D eigenvalue weighted by atomic mass is 35.5. The summed E-state index contributed by atoms with van der Waals surface area (Å²) in [6.07, 6.45) is 10.7. The van der Waals surface area contributed by atoms with E-state index in [9.17, 15) is 9.90 Å². The van der Waals surface area contributed by atoms with Crippen LogP contribution in [0.5, 0.6) is 5.75 Å². The Balaban J connectivity index is 1.37. The lowest BCUT2D eigenvalue weighted by molar-refractivity contribution is 0.0457. The van der Waals surface area contributed by atoms with Gasteiger partial charge >= 0.3 is 0 Å². The molecular weight excluding hydrogens is 516 g/mol. The van der Waals surface area contributed by atoms with Crippen molar-refractivity contribution in [3.8, 4) is 5.75 Å². The summed E-state index contributed by atoms with van der Waals surface area (Å²) in [7, 11) is 0. The third kappa shape index (κ3) is 4.96. The molecule has 2 aliphatic carbocycles. The Morgan fingerprint density at radius 3 is 2.92 bits per heavy atom. The number of amides is 1. The van der Waals surface area contributed by atoms with E-state index in [4.69, 9.17) is 16.3 Å². The number of aliphatic hydroxyl groups excluding tert-OH is 1. The smallest absolute Gasteiger partial charge is 0.261 e. The predicted octanol–water partition coefficient (Wildman–Crippen LogP) is 6.32. The molecule has 0 radical (unpaired) electrons. The quantitative estimate of drug-likeness (QED) is 0.320. The minimum Gasteiger partial charge on any atom is -0.490 e. The molecule has 2 aromatic carbocycles. The standard InChI is InChI=1S/C31H37ClN2O3S/c1-2-24-5-3-4-6-28(35)25-10-7-22(25)17-34-18-31(14-13-20-15-23(32)9-11-26(20)31)19-37-29-12-8-21(16-27(29)34)30(36)33-38-24/h4,6,8-9,11-12,15-16,22,24-25,28,35H,2-3,5,7,10,13-14,17-19H2,1H3,(H,33,36)/b6-4+/t22-,24+,25+,28-,31-/m0/s1. The number of carbonyl (C=O) groups excluding carboxylic acids is 1. The fraction of sp³-hybridized carbons (Fsp3) is 0.516. The maximum Gasteiger partial charge on any atom is 0.261 e. The highest BCUT2D eigenvalue weighted by Crippen LogP contribution is 2.47. The van der Waals surface area contributed by atoms with Crippen molar-refractivity contribution in [3.63, 3.8) is 0 Å². The topological polar surface area (TPSA) is 61.8 Å². The number of hydrogen-bond acceptors (Lipinski definition) is 5. The van der Waals surface area contributed by atoms with Gasteiger partial charge in [0.25, 0.3) is 5.91 Å². The Hall–Kier alpha value is -2.15. The highest BCUT2D eigenvalue weighted by molar-refractivity contribution is 7.98. The first-order valence-electron chi connectivity index (χ1n) is 14.1. The first-order chi connectivity index (χ1) is 18.5. The first-order valence-corrected chi connectivity index (χ1v) is 15.3. The molecule has 0 unspecified atom stereocenters. The van der Waals surface area contributed by atoms with Crippen LogP contribution >= 0.6 is 23.5 Å². The van der Waals surface area contributed by atoms with Gasteiger partial charge in [0.2, 0.25) is 0 Å². The van der Waals surface area contributed by atoms with Crippen molar-refractivity contribution in [1.82, 2.24) is 4.72 Å². The van der Waals surface area contributed by atoms with Crippen molar-refractivity contribution in [2.24, 2.45) is 11.8 Å². The van der Waals surface area contributed by atoms with Gasteiger partial charge < -0.3 is 14.7 Å². The van der Waals surface area contributed by atoms with E-state index < -0.39 is 6.10 Å². The maximum absolute atomic E-state index is 13.2. The van der Waals surface area contributed by atoms with Gasteiger partial charge in [-0.1, -0.05) is 36.7 Å². The molecule has 5 atom stereocenters. The number of hydrogen-bond donors (Lipinski definition) is 2. The molecule has 2 bridgehead atoms. The van der Waals surface area contributed by atoms with Crippen molar-refractivity contribution in [2.45, 2.75) is 68.6 Å². The van der Waals surface area contributed by atoms with Crippen LogP contribution in [-0.2, 0) is 11.8 Å². The third-order valence-corrected chi connectivity index (χ3v) is 10.6.